The summed E-state index contributed by atoms with van der Waals surface area (Å²) in [6.07, 6.45) is 1.61. The van der Waals surface area contributed by atoms with Crippen LogP contribution in [-0.4, -0.2) is 30.6 Å². The number of hydrogen-bond donors (Lipinski definition) is 0. The molecule has 1 aliphatic heterocycles. The Morgan fingerprint density at radius 3 is 2.65 bits per heavy atom. The number of benzene rings is 2. The number of thiazole rings is 1. The van der Waals surface area contributed by atoms with E-state index >= 15 is 0 Å². The number of halogens is 1. The van der Waals surface area contributed by atoms with E-state index in [1.807, 2.05) is 55.5 Å². The fraction of sp³-hybridized carbons (Fsp3) is 0.333. The van der Waals surface area contributed by atoms with Crippen LogP contribution in [0.5, 0.6) is 5.75 Å². The molecule has 2 heterocycles. The van der Waals surface area contributed by atoms with Gasteiger partial charge in [-0.15, -0.1) is 11.3 Å². The van der Waals surface area contributed by atoms with E-state index in [1.54, 1.807) is 11.3 Å². The largest absolute Gasteiger partial charge is 0.488 e. The van der Waals surface area contributed by atoms with Crippen LogP contribution in [0.4, 0.5) is 5.13 Å². The van der Waals surface area contributed by atoms with Gasteiger partial charge >= 0.3 is 5.97 Å². The first kappa shape index (κ1) is 21.8. The molecule has 0 amide bonds. The fourth-order valence-electron chi connectivity index (χ4n) is 3.65. The molecular formula is C24H25BrN2O3S. The van der Waals surface area contributed by atoms with Crippen LogP contribution in [0.1, 0.15) is 25.3 Å². The van der Waals surface area contributed by atoms with Gasteiger partial charge in [0.2, 0.25) is 0 Å². The van der Waals surface area contributed by atoms with Gasteiger partial charge in [0.1, 0.15) is 12.4 Å². The van der Waals surface area contributed by atoms with E-state index in [2.05, 4.69) is 26.2 Å². The number of piperidine rings is 1. The lowest BCUT2D eigenvalue weighted by Crippen LogP contribution is -2.36. The first-order valence-corrected chi connectivity index (χ1v) is 12.1. The van der Waals surface area contributed by atoms with Crippen molar-refractivity contribution < 1.29 is 14.3 Å². The van der Waals surface area contributed by atoms with Gasteiger partial charge in [0, 0.05) is 28.5 Å². The quantitative estimate of drug-likeness (QED) is 0.376. The highest BCUT2D eigenvalue weighted by molar-refractivity contribution is 9.10. The Bertz CT molecular complexity index is 1010. The molecule has 1 fully saturated rings. The van der Waals surface area contributed by atoms with Crippen molar-refractivity contribution in [2.24, 2.45) is 5.92 Å². The minimum absolute atomic E-state index is 0.00312. The number of para-hydroxylation sites is 1. The van der Waals surface area contributed by atoms with Crippen molar-refractivity contribution in [2.75, 3.05) is 24.6 Å². The number of aromatic nitrogens is 1. The number of carbonyl (C=O) groups is 1. The highest BCUT2D eigenvalue weighted by Crippen LogP contribution is 2.35. The third-order valence-electron chi connectivity index (χ3n) is 5.35. The molecular weight excluding hydrogens is 476 g/mol. The van der Waals surface area contributed by atoms with E-state index in [-0.39, 0.29) is 11.9 Å². The number of ether oxygens (including phenoxy) is 2. The molecule has 31 heavy (non-hydrogen) atoms. The zero-order chi connectivity index (χ0) is 21.6. The van der Waals surface area contributed by atoms with E-state index < -0.39 is 0 Å². The minimum atomic E-state index is -0.0705. The second-order valence-electron chi connectivity index (χ2n) is 7.44. The number of nitrogens with zero attached hydrogens (tertiary/aromatic N) is 2. The zero-order valence-corrected chi connectivity index (χ0v) is 19.8. The van der Waals surface area contributed by atoms with Gasteiger partial charge in [-0.2, -0.15) is 0 Å². The standard InChI is InChI=1S/C24H25BrN2O3S/c1-2-29-23(28)18-11-13-27(14-12-18)24-26-21(16-31-24)20-5-3-4-6-22(20)30-15-17-7-9-19(25)10-8-17/h3-10,16,18H,2,11-15H2,1H3. The molecule has 0 unspecified atom stereocenters. The Morgan fingerprint density at radius 1 is 1.16 bits per heavy atom. The molecule has 0 bridgehead atoms. The third-order valence-corrected chi connectivity index (χ3v) is 6.78. The first-order valence-electron chi connectivity index (χ1n) is 10.5. The van der Waals surface area contributed by atoms with Gasteiger partial charge in [0.25, 0.3) is 0 Å². The summed E-state index contributed by atoms with van der Waals surface area (Å²) in [6, 6.07) is 16.1. The molecule has 1 saturated heterocycles. The Labute approximate surface area is 195 Å². The van der Waals surface area contributed by atoms with Crippen molar-refractivity contribution in [1.82, 2.24) is 4.98 Å². The van der Waals surface area contributed by atoms with Crippen molar-refractivity contribution in [1.29, 1.82) is 0 Å². The average Bonchev–Trinajstić information content (AvgIpc) is 3.29. The molecule has 7 heteroatoms. The minimum Gasteiger partial charge on any atom is -0.488 e. The molecule has 1 aliphatic rings. The van der Waals surface area contributed by atoms with Crippen LogP contribution < -0.4 is 9.64 Å². The third kappa shape index (κ3) is 5.46. The van der Waals surface area contributed by atoms with E-state index in [0.717, 1.165) is 58.1 Å². The van der Waals surface area contributed by atoms with E-state index in [9.17, 15) is 4.79 Å². The lowest BCUT2D eigenvalue weighted by molar-refractivity contribution is -0.148. The van der Waals surface area contributed by atoms with Crippen LogP contribution >= 0.6 is 27.3 Å². The van der Waals surface area contributed by atoms with Crippen molar-refractivity contribution in [3.63, 3.8) is 0 Å². The monoisotopic (exact) mass is 500 g/mol. The van der Waals surface area contributed by atoms with Crippen LogP contribution in [0.3, 0.4) is 0 Å². The van der Waals surface area contributed by atoms with Crippen LogP contribution in [-0.2, 0) is 16.1 Å². The lowest BCUT2D eigenvalue weighted by atomic mass is 9.97. The van der Waals surface area contributed by atoms with Crippen LogP contribution in [0.2, 0.25) is 0 Å². The van der Waals surface area contributed by atoms with Gasteiger partial charge in [-0.3, -0.25) is 4.79 Å². The lowest BCUT2D eigenvalue weighted by Gasteiger charge is -2.30. The molecule has 2 aromatic carbocycles. The molecule has 0 radical (unpaired) electrons. The molecule has 3 aromatic rings. The Hall–Kier alpha value is -2.38. The summed E-state index contributed by atoms with van der Waals surface area (Å²) in [7, 11) is 0. The van der Waals surface area contributed by atoms with Crippen LogP contribution in [0, 0.1) is 5.92 Å². The predicted molar refractivity (Wildman–Crippen MR) is 128 cm³/mol. The van der Waals surface area contributed by atoms with Gasteiger partial charge < -0.3 is 14.4 Å². The molecule has 5 nitrogen and oxygen atoms in total. The summed E-state index contributed by atoms with van der Waals surface area (Å²) < 4.78 is 12.3. The van der Waals surface area contributed by atoms with E-state index in [0.29, 0.717) is 13.2 Å². The summed E-state index contributed by atoms with van der Waals surface area (Å²) >= 11 is 5.09. The molecule has 1 aromatic heterocycles. The number of rotatable bonds is 7. The van der Waals surface area contributed by atoms with Gasteiger partial charge in [0.15, 0.2) is 5.13 Å². The molecule has 0 aliphatic carbocycles. The van der Waals surface area contributed by atoms with Crippen molar-refractivity contribution in [2.45, 2.75) is 26.4 Å². The Balaban J connectivity index is 1.42. The average molecular weight is 501 g/mol. The van der Waals surface area contributed by atoms with Crippen molar-refractivity contribution in [3.8, 4) is 17.0 Å². The topological polar surface area (TPSA) is 51.7 Å². The van der Waals surface area contributed by atoms with Crippen LogP contribution in [0.15, 0.2) is 58.4 Å². The summed E-state index contributed by atoms with van der Waals surface area (Å²) in [5.74, 6) is 0.755. The van der Waals surface area contributed by atoms with Crippen molar-refractivity contribution in [3.05, 3.63) is 63.9 Å². The molecule has 0 saturated carbocycles. The van der Waals surface area contributed by atoms with Gasteiger partial charge in [-0.05, 0) is 49.6 Å². The predicted octanol–water partition coefficient (Wildman–Crippen LogP) is 5.93. The maximum Gasteiger partial charge on any atom is 0.309 e. The second kappa shape index (κ2) is 10.3. The maximum absolute atomic E-state index is 12.0. The Kier molecular flexibility index (Phi) is 7.25. The second-order valence-corrected chi connectivity index (χ2v) is 9.19. The highest BCUT2D eigenvalue weighted by atomic mass is 79.9. The fourth-order valence-corrected chi connectivity index (χ4v) is 4.79. The summed E-state index contributed by atoms with van der Waals surface area (Å²) in [5.41, 5.74) is 3.02. The summed E-state index contributed by atoms with van der Waals surface area (Å²) in [6.45, 7) is 4.43. The SMILES string of the molecule is CCOC(=O)C1CCN(c2nc(-c3ccccc3OCc3ccc(Br)cc3)cs2)CC1. The van der Waals surface area contributed by atoms with Gasteiger partial charge in [0.05, 0.1) is 18.2 Å². The normalized spacial score (nSPS) is 14.5. The zero-order valence-electron chi connectivity index (χ0n) is 17.4. The molecule has 0 N–H and O–H groups in total. The molecule has 4 rings (SSSR count). The smallest absolute Gasteiger partial charge is 0.309 e. The summed E-state index contributed by atoms with van der Waals surface area (Å²) in [5, 5.41) is 3.06. The number of anilines is 1. The first-order chi connectivity index (χ1) is 15.1. The number of hydrogen-bond acceptors (Lipinski definition) is 6. The Morgan fingerprint density at radius 2 is 1.90 bits per heavy atom. The van der Waals surface area contributed by atoms with Gasteiger partial charge in [-0.25, -0.2) is 4.98 Å². The van der Waals surface area contributed by atoms with Crippen molar-refractivity contribution >= 4 is 38.4 Å². The number of esters is 1. The van der Waals surface area contributed by atoms with E-state index in [1.165, 1.54) is 0 Å². The van der Waals surface area contributed by atoms with E-state index in [4.69, 9.17) is 14.5 Å². The molecule has 0 spiro atoms. The highest BCUT2D eigenvalue weighted by Gasteiger charge is 2.27. The molecule has 162 valence electrons. The van der Waals surface area contributed by atoms with Crippen LogP contribution in [0.25, 0.3) is 11.3 Å². The number of carbonyl (C=O) groups excluding carboxylic acids is 1. The molecule has 0 atom stereocenters. The van der Waals surface area contributed by atoms with Gasteiger partial charge in [-0.1, -0.05) is 40.2 Å². The maximum atomic E-state index is 12.0. The summed E-state index contributed by atoms with van der Waals surface area (Å²) in [4.78, 5) is 19.1.